The molecule has 0 bridgehead atoms. The van der Waals surface area contributed by atoms with Crippen molar-refractivity contribution >= 4 is 15.9 Å². The van der Waals surface area contributed by atoms with E-state index < -0.39 is 16.1 Å². The van der Waals surface area contributed by atoms with E-state index in [0.717, 1.165) is 18.4 Å². The molecule has 0 radical (unpaired) electrons. The highest BCUT2D eigenvalue weighted by atomic mass is 32.2. The second-order valence-corrected chi connectivity index (χ2v) is 9.67. The van der Waals surface area contributed by atoms with Crippen LogP contribution in [-0.4, -0.2) is 46.5 Å². The molecule has 1 fully saturated rings. The lowest BCUT2D eigenvalue weighted by atomic mass is 9.98. The van der Waals surface area contributed by atoms with Crippen LogP contribution in [0.1, 0.15) is 48.7 Å². The quantitative estimate of drug-likeness (QED) is 0.702. The molecule has 8 heteroatoms. The number of methoxy groups -OCH3 is 2. The lowest BCUT2D eigenvalue weighted by molar-refractivity contribution is 0.0693. The highest BCUT2D eigenvalue weighted by molar-refractivity contribution is 7.89. The predicted octanol–water partition coefficient (Wildman–Crippen LogP) is 3.62. The molecule has 0 aromatic heterocycles. The highest BCUT2D eigenvalue weighted by Gasteiger charge is 2.26. The van der Waals surface area contributed by atoms with E-state index in [1.165, 1.54) is 25.3 Å². The van der Waals surface area contributed by atoms with Crippen molar-refractivity contribution in [3.8, 4) is 11.5 Å². The predicted molar refractivity (Wildman–Crippen MR) is 119 cm³/mol. The van der Waals surface area contributed by atoms with Crippen molar-refractivity contribution in [3.05, 3.63) is 53.6 Å². The van der Waals surface area contributed by atoms with E-state index in [1.54, 1.807) is 31.1 Å². The lowest BCUT2D eigenvalue weighted by Gasteiger charge is -2.30. The third-order valence-corrected chi connectivity index (χ3v) is 7.27. The number of carbonyl (C=O) groups is 1. The van der Waals surface area contributed by atoms with Gasteiger partial charge in [-0.1, -0.05) is 19.1 Å². The largest absolute Gasteiger partial charge is 0.497 e. The van der Waals surface area contributed by atoms with Gasteiger partial charge in [0.25, 0.3) is 5.91 Å². The van der Waals surface area contributed by atoms with E-state index in [2.05, 4.69) is 11.6 Å². The Morgan fingerprint density at radius 1 is 1.06 bits per heavy atom. The number of piperidine rings is 1. The monoisotopic (exact) mass is 446 g/mol. The molecule has 1 saturated heterocycles. The molecule has 1 amide bonds. The Morgan fingerprint density at radius 2 is 1.71 bits per heavy atom. The topological polar surface area (TPSA) is 84.9 Å². The normalized spacial score (nSPS) is 16.1. The zero-order valence-corrected chi connectivity index (χ0v) is 19.2. The number of carbonyl (C=O) groups excluding carboxylic acids is 1. The van der Waals surface area contributed by atoms with E-state index in [0.29, 0.717) is 30.5 Å². The van der Waals surface area contributed by atoms with Gasteiger partial charge in [0, 0.05) is 19.1 Å². The summed E-state index contributed by atoms with van der Waals surface area (Å²) >= 11 is 0. The van der Waals surface area contributed by atoms with Crippen LogP contribution in [-0.2, 0) is 10.0 Å². The van der Waals surface area contributed by atoms with Crippen LogP contribution in [0.2, 0.25) is 0 Å². The number of likely N-dealkylation sites (tertiary alicyclic amines) is 1. The summed E-state index contributed by atoms with van der Waals surface area (Å²) in [5.74, 6) is 1.44. The first-order chi connectivity index (χ1) is 14.7. The van der Waals surface area contributed by atoms with E-state index in [4.69, 9.17) is 9.47 Å². The molecule has 0 aliphatic carbocycles. The maximum atomic E-state index is 13.1. The number of amides is 1. The zero-order valence-electron chi connectivity index (χ0n) is 18.4. The first-order valence-electron chi connectivity index (χ1n) is 10.4. The minimum atomic E-state index is -3.85. The van der Waals surface area contributed by atoms with Crippen LogP contribution in [0.4, 0.5) is 0 Å². The SMILES string of the molecule is COc1ccc([C@H](C)NS(=O)(=O)c2ccc(OC)c(C(=O)N3CCC(C)CC3)c2)cc1. The molecular weight excluding hydrogens is 416 g/mol. The summed E-state index contributed by atoms with van der Waals surface area (Å²) in [6.45, 7) is 5.26. The Labute approximate surface area is 184 Å². The van der Waals surface area contributed by atoms with Crippen molar-refractivity contribution in [3.63, 3.8) is 0 Å². The van der Waals surface area contributed by atoms with Gasteiger partial charge in [-0.15, -0.1) is 0 Å². The molecule has 0 unspecified atom stereocenters. The fourth-order valence-corrected chi connectivity index (χ4v) is 4.92. The van der Waals surface area contributed by atoms with Gasteiger partial charge < -0.3 is 14.4 Å². The van der Waals surface area contributed by atoms with Gasteiger partial charge in [0.05, 0.1) is 24.7 Å². The van der Waals surface area contributed by atoms with Crippen LogP contribution < -0.4 is 14.2 Å². The van der Waals surface area contributed by atoms with Gasteiger partial charge in [-0.2, -0.15) is 0 Å². The van der Waals surface area contributed by atoms with E-state index in [1.807, 2.05) is 12.1 Å². The van der Waals surface area contributed by atoms with Crippen molar-refractivity contribution in [2.24, 2.45) is 5.92 Å². The van der Waals surface area contributed by atoms with Crippen LogP contribution in [0.3, 0.4) is 0 Å². The number of benzene rings is 2. The third-order valence-electron chi connectivity index (χ3n) is 5.73. The number of nitrogens with one attached hydrogen (secondary N) is 1. The average Bonchev–Trinajstić information content (AvgIpc) is 2.78. The summed E-state index contributed by atoms with van der Waals surface area (Å²) in [4.78, 5) is 14.9. The molecular formula is C23H30N2O5S. The summed E-state index contributed by atoms with van der Waals surface area (Å²) < 4.78 is 39.2. The molecule has 31 heavy (non-hydrogen) atoms. The van der Waals surface area contributed by atoms with Crippen molar-refractivity contribution in [1.29, 1.82) is 0 Å². The van der Waals surface area contributed by atoms with Crippen LogP contribution >= 0.6 is 0 Å². The van der Waals surface area contributed by atoms with Gasteiger partial charge in [0.2, 0.25) is 10.0 Å². The number of rotatable bonds is 7. The van der Waals surface area contributed by atoms with Gasteiger partial charge in [0.1, 0.15) is 11.5 Å². The summed E-state index contributed by atoms with van der Waals surface area (Å²) in [5, 5.41) is 0. The Kier molecular flexibility index (Phi) is 7.23. The average molecular weight is 447 g/mol. The summed E-state index contributed by atoms with van der Waals surface area (Å²) in [6, 6.07) is 11.1. The number of hydrogen-bond acceptors (Lipinski definition) is 5. The molecule has 1 N–H and O–H groups in total. The second kappa shape index (κ2) is 9.70. The molecule has 2 aromatic rings. The van der Waals surface area contributed by atoms with E-state index >= 15 is 0 Å². The van der Waals surface area contributed by atoms with E-state index in [9.17, 15) is 13.2 Å². The molecule has 1 aliphatic heterocycles. The van der Waals surface area contributed by atoms with Crippen molar-refractivity contribution in [2.75, 3.05) is 27.3 Å². The van der Waals surface area contributed by atoms with Crippen molar-refractivity contribution < 1.29 is 22.7 Å². The van der Waals surface area contributed by atoms with Gasteiger partial charge >= 0.3 is 0 Å². The van der Waals surface area contributed by atoms with Crippen LogP contribution in [0.25, 0.3) is 0 Å². The Morgan fingerprint density at radius 3 is 2.29 bits per heavy atom. The van der Waals surface area contributed by atoms with Gasteiger partial charge in [-0.05, 0) is 61.6 Å². The van der Waals surface area contributed by atoms with Crippen molar-refractivity contribution in [2.45, 2.75) is 37.6 Å². The first kappa shape index (κ1) is 23.1. The highest BCUT2D eigenvalue weighted by Crippen LogP contribution is 2.27. The molecule has 0 spiro atoms. The van der Waals surface area contributed by atoms with Crippen LogP contribution in [0.15, 0.2) is 47.4 Å². The number of ether oxygens (including phenoxy) is 2. The lowest BCUT2D eigenvalue weighted by Crippen LogP contribution is -2.38. The maximum Gasteiger partial charge on any atom is 0.257 e. The smallest absolute Gasteiger partial charge is 0.257 e. The van der Waals surface area contributed by atoms with Gasteiger partial charge in [-0.3, -0.25) is 4.79 Å². The van der Waals surface area contributed by atoms with E-state index in [-0.39, 0.29) is 16.4 Å². The standard InChI is InChI=1S/C23H30N2O5S/c1-16-11-13-25(14-12-16)23(26)21-15-20(9-10-22(21)30-4)31(27,28)24-17(2)18-5-7-19(29-3)8-6-18/h5-10,15-17,24H,11-14H2,1-4H3/t17-/m0/s1. The second-order valence-electron chi connectivity index (χ2n) is 7.95. The number of nitrogens with zero attached hydrogens (tertiary/aromatic N) is 1. The Hall–Kier alpha value is -2.58. The van der Waals surface area contributed by atoms with Crippen molar-refractivity contribution in [1.82, 2.24) is 9.62 Å². The molecule has 1 atom stereocenters. The molecule has 2 aromatic carbocycles. The minimum Gasteiger partial charge on any atom is -0.497 e. The third kappa shape index (κ3) is 5.37. The van der Waals surface area contributed by atoms with Crippen LogP contribution in [0, 0.1) is 5.92 Å². The fraction of sp³-hybridized carbons (Fsp3) is 0.435. The van der Waals surface area contributed by atoms with Gasteiger partial charge in [0.15, 0.2) is 0 Å². The molecule has 3 rings (SSSR count). The zero-order chi connectivity index (χ0) is 22.6. The molecule has 1 heterocycles. The number of sulfonamides is 1. The Balaban J connectivity index is 1.83. The van der Waals surface area contributed by atoms with Crippen LogP contribution in [0.5, 0.6) is 11.5 Å². The van der Waals surface area contributed by atoms with Gasteiger partial charge in [-0.25, -0.2) is 13.1 Å². The summed E-state index contributed by atoms with van der Waals surface area (Å²) in [5.41, 5.74) is 1.06. The molecule has 7 nitrogen and oxygen atoms in total. The summed E-state index contributed by atoms with van der Waals surface area (Å²) in [7, 11) is -0.799. The minimum absolute atomic E-state index is 0.0300. The fourth-order valence-electron chi connectivity index (χ4n) is 3.66. The maximum absolute atomic E-state index is 13.1. The first-order valence-corrected chi connectivity index (χ1v) is 11.9. The Bertz CT molecular complexity index is 1010. The molecule has 1 aliphatic rings. The number of hydrogen-bond donors (Lipinski definition) is 1. The molecule has 0 saturated carbocycles. The molecule has 168 valence electrons. The summed E-state index contributed by atoms with van der Waals surface area (Å²) in [6.07, 6.45) is 1.87.